The molecule has 0 heterocycles. The van der Waals surface area contributed by atoms with Crippen molar-refractivity contribution in [2.75, 3.05) is 4.72 Å². The van der Waals surface area contributed by atoms with Crippen molar-refractivity contribution in [2.24, 2.45) is 0 Å². The Morgan fingerprint density at radius 3 is 2.34 bits per heavy atom. The van der Waals surface area contributed by atoms with Crippen LogP contribution >= 0.6 is 0 Å². The van der Waals surface area contributed by atoms with Crippen LogP contribution in [0.2, 0.25) is 0 Å². The fraction of sp³-hybridized carbons (Fsp3) is 0.136. The molecule has 150 valence electrons. The van der Waals surface area contributed by atoms with Crippen LogP contribution in [0.3, 0.4) is 0 Å². The van der Waals surface area contributed by atoms with Crippen molar-refractivity contribution in [1.82, 2.24) is 5.32 Å². The number of benzene rings is 3. The van der Waals surface area contributed by atoms with Gasteiger partial charge in [0.15, 0.2) is 0 Å². The van der Waals surface area contributed by atoms with Crippen molar-refractivity contribution in [3.8, 4) is 0 Å². The van der Waals surface area contributed by atoms with E-state index in [1.165, 1.54) is 30.3 Å². The van der Waals surface area contributed by atoms with E-state index in [0.29, 0.717) is 5.69 Å². The van der Waals surface area contributed by atoms with E-state index in [1.807, 2.05) is 6.07 Å². The number of sulfonamides is 1. The van der Waals surface area contributed by atoms with Crippen LogP contribution in [0.1, 0.15) is 34.5 Å². The number of carbonyl (C=O) groups is 1. The third-order valence-electron chi connectivity index (χ3n) is 4.51. The Balaban J connectivity index is 1.78. The number of aryl methyl sites for hydroxylation is 1. The molecule has 3 aromatic rings. The minimum Gasteiger partial charge on any atom is -0.346 e. The zero-order chi connectivity index (χ0) is 21.0. The molecule has 7 heteroatoms. The lowest BCUT2D eigenvalue weighted by Crippen LogP contribution is -2.27. The highest BCUT2D eigenvalue weighted by atomic mass is 32.2. The molecule has 1 atom stereocenters. The smallest absolute Gasteiger partial charge is 0.261 e. The van der Waals surface area contributed by atoms with Gasteiger partial charge in [-0.05, 0) is 61.4 Å². The molecule has 1 amide bonds. The first-order valence-corrected chi connectivity index (χ1v) is 10.5. The van der Waals surface area contributed by atoms with Crippen molar-refractivity contribution in [3.63, 3.8) is 0 Å². The van der Waals surface area contributed by atoms with E-state index in [2.05, 4.69) is 10.0 Å². The Kier molecular flexibility index (Phi) is 5.98. The molecule has 0 radical (unpaired) electrons. The van der Waals surface area contributed by atoms with Gasteiger partial charge in [-0.1, -0.05) is 36.4 Å². The molecule has 0 aliphatic heterocycles. The average Bonchev–Trinajstić information content (AvgIpc) is 2.70. The van der Waals surface area contributed by atoms with Gasteiger partial charge in [-0.15, -0.1) is 0 Å². The SMILES string of the molecule is Cc1ccccc1NS(=O)(=O)c1cccc(C(=O)N[C@@H](C)c2ccc(F)cc2)c1. The molecule has 0 bridgehead atoms. The fourth-order valence-corrected chi connectivity index (χ4v) is 3.99. The summed E-state index contributed by atoms with van der Waals surface area (Å²) >= 11 is 0. The van der Waals surface area contributed by atoms with Gasteiger partial charge in [0.2, 0.25) is 0 Å². The third kappa shape index (κ3) is 5.00. The van der Waals surface area contributed by atoms with Crippen molar-refractivity contribution < 1.29 is 17.6 Å². The lowest BCUT2D eigenvalue weighted by atomic mass is 10.1. The molecule has 0 aliphatic carbocycles. The molecule has 3 rings (SSSR count). The Morgan fingerprint density at radius 1 is 0.966 bits per heavy atom. The summed E-state index contributed by atoms with van der Waals surface area (Å²) in [6, 6.07) is 18.3. The van der Waals surface area contributed by atoms with Gasteiger partial charge in [-0.25, -0.2) is 12.8 Å². The second-order valence-electron chi connectivity index (χ2n) is 6.69. The Hall–Kier alpha value is -3.19. The molecule has 3 aromatic carbocycles. The van der Waals surface area contributed by atoms with Crippen molar-refractivity contribution in [1.29, 1.82) is 0 Å². The third-order valence-corrected chi connectivity index (χ3v) is 5.88. The maximum absolute atomic E-state index is 13.1. The van der Waals surface area contributed by atoms with Crippen LogP contribution in [0.15, 0.2) is 77.7 Å². The minimum atomic E-state index is -3.85. The normalized spacial score (nSPS) is 12.2. The number of hydrogen-bond acceptors (Lipinski definition) is 3. The standard InChI is InChI=1S/C22H21FN2O3S/c1-15-6-3-4-9-21(15)25-29(27,28)20-8-5-7-18(14-20)22(26)24-16(2)17-10-12-19(23)13-11-17/h3-14,16,25H,1-2H3,(H,24,26)/t16-/m0/s1. The average molecular weight is 412 g/mol. The molecule has 2 N–H and O–H groups in total. The molecular weight excluding hydrogens is 391 g/mol. The van der Waals surface area contributed by atoms with E-state index in [9.17, 15) is 17.6 Å². The highest BCUT2D eigenvalue weighted by Crippen LogP contribution is 2.20. The summed E-state index contributed by atoms with van der Waals surface area (Å²) in [5.41, 5.74) is 2.22. The Bertz CT molecular complexity index is 1130. The number of para-hydroxylation sites is 1. The minimum absolute atomic E-state index is 0.0113. The van der Waals surface area contributed by atoms with E-state index >= 15 is 0 Å². The van der Waals surface area contributed by atoms with Crippen molar-refractivity contribution in [3.05, 3.63) is 95.3 Å². The summed E-state index contributed by atoms with van der Waals surface area (Å²) < 4.78 is 41.1. The monoisotopic (exact) mass is 412 g/mol. The number of anilines is 1. The van der Waals surface area contributed by atoms with E-state index in [1.54, 1.807) is 50.2 Å². The summed E-state index contributed by atoms with van der Waals surface area (Å²) in [5, 5.41) is 2.79. The van der Waals surface area contributed by atoms with Crippen LogP contribution in [-0.2, 0) is 10.0 Å². The second-order valence-corrected chi connectivity index (χ2v) is 8.38. The van der Waals surface area contributed by atoms with Gasteiger partial charge in [-0.3, -0.25) is 9.52 Å². The highest BCUT2D eigenvalue weighted by molar-refractivity contribution is 7.92. The lowest BCUT2D eigenvalue weighted by Gasteiger charge is -2.15. The zero-order valence-corrected chi connectivity index (χ0v) is 16.8. The number of nitrogens with one attached hydrogen (secondary N) is 2. The molecule has 0 spiro atoms. The molecule has 0 unspecified atom stereocenters. The van der Waals surface area contributed by atoms with Gasteiger partial charge in [0.25, 0.3) is 15.9 Å². The van der Waals surface area contributed by atoms with Crippen LogP contribution in [0, 0.1) is 12.7 Å². The molecule has 0 aliphatic rings. The maximum Gasteiger partial charge on any atom is 0.261 e. The zero-order valence-electron chi connectivity index (χ0n) is 16.0. The first kappa shape index (κ1) is 20.5. The lowest BCUT2D eigenvalue weighted by molar-refractivity contribution is 0.0939. The number of rotatable bonds is 6. The van der Waals surface area contributed by atoms with Crippen molar-refractivity contribution in [2.45, 2.75) is 24.8 Å². The number of carbonyl (C=O) groups excluding carboxylic acids is 1. The first-order valence-electron chi connectivity index (χ1n) is 9.01. The number of hydrogen-bond donors (Lipinski definition) is 2. The van der Waals surface area contributed by atoms with Crippen LogP contribution in [0.5, 0.6) is 0 Å². The number of halogens is 1. The van der Waals surface area contributed by atoms with Gasteiger partial charge in [0.1, 0.15) is 5.82 Å². The van der Waals surface area contributed by atoms with E-state index in [4.69, 9.17) is 0 Å². The quantitative estimate of drug-likeness (QED) is 0.629. The maximum atomic E-state index is 13.1. The molecular formula is C22H21FN2O3S. The molecule has 0 saturated carbocycles. The predicted octanol–water partition coefficient (Wildman–Crippen LogP) is 4.43. The largest absolute Gasteiger partial charge is 0.346 e. The van der Waals surface area contributed by atoms with Gasteiger partial charge in [0.05, 0.1) is 16.6 Å². The summed E-state index contributed by atoms with van der Waals surface area (Å²) in [4.78, 5) is 12.6. The van der Waals surface area contributed by atoms with Gasteiger partial charge < -0.3 is 5.32 Å². The van der Waals surface area contributed by atoms with E-state index in [-0.39, 0.29) is 22.3 Å². The summed E-state index contributed by atoms with van der Waals surface area (Å²) in [7, 11) is -3.85. The fourth-order valence-electron chi connectivity index (χ4n) is 2.81. The van der Waals surface area contributed by atoms with Crippen LogP contribution in [0.25, 0.3) is 0 Å². The number of amides is 1. The summed E-state index contributed by atoms with van der Waals surface area (Å²) in [5.74, 6) is -0.777. The second kappa shape index (κ2) is 8.45. The highest BCUT2D eigenvalue weighted by Gasteiger charge is 2.18. The molecule has 0 saturated heterocycles. The van der Waals surface area contributed by atoms with E-state index < -0.39 is 15.9 Å². The van der Waals surface area contributed by atoms with Gasteiger partial charge >= 0.3 is 0 Å². The van der Waals surface area contributed by atoms with E-state index in [0.717, 1.165) is 11.1 Å². The first-order chi connectivity index (χ1) is 13.8. The van der Waals surface area contributed by atoms with Gasteiger partial charge in [-0.2, -0.15) is 0 Å². The van der Waals surface area contributed by atoms with Crippen LogP contribution in [-0.4, -0.2) is 14.3 Å². The predicted molar refractivity (Wildman–Crippen MR) is 111 cm³/mol. The van der Waals surface area contributed by atoms with Crippen LogP contribution < -0.4 is 10.0 Å². The Labute approximate surface area is 169 Å². The molecule has 0 aromatic heterocycles. The summed E-state index contributed by atoms with van der Waals surface area (Å²) in [6.07, 6.45) is 0. The van der Waals surface area contributed by atoms with Crippen molar-refractivity contribution >= 4 is 21.6 Å². The summed E-state index contributed by atoms with van der Waals surface area (Å²) in [6.45, 7) is 3.57. The molecule has 0 fully saturated rings. The topological polar surface area (TPSA) is 75.3 Å². The molecule has 29 heavy (non-hydrogen) atoms. The Morgan fingerprint density at radius 2 is 1.66 bits per heavy atom. The molecule has 5 nitrogen and oxygen atoms in total. The van der Waals surface area contributed by atoms with Gasteiger partial charge in [0, 0.05) is 5.56 Å². The van der Waals surface area contributed by atoms with Crippen LogP contribution in [0.4, 0.5) is 10.1 Å².